The largest absolute Gasteiger partial charge is 0.508 e. The molecule has 1 N–H and O–H groups in total. The van der Waals surface area contributed by atoms with Gasteiger partial charge in [0, 0.05) is 35.8 Å². The van der Waals surface area contributed by atoms with Crippen molar-refractivity contribution in [3.63, 3.8) is 0 Å². The van der Waals surface area contributed by atoms with Crippen LogP contribution < -0.4 is 9.64 Å². The lowest BCUT2D eigenvalue weighted by molar-refractivity contribution is 0.0984. The van der Waals surface area contributed by atoms with Gasteiger partial charge in [0.15, 0.2) is 5.82 Å². The number of ether oxygens (including phenoxy) is 2. The number of nitrogens with zero attached hydrogens (tertiary/aromatic N) is 4. The highest BCUT2D eigenvalue weighted by Gasteiger charge is 2.49. The first-order chi connectivity index (χ1) is 20.8. The summed E-state index contributed by atoms with van der Waals surface area (Å²) in [5.74, 6) is 1.54. The molecule has 1 aromatic heterocycles. The molecule has 43 heavy (non-hydrogen) atoms. The molecule has 4 aliphatic rings. The van der Waals surface area contributed by atoms with Crippen molar-refractivity contribution in [3.8, 4) is 35.2 Å². The van der Waals surface area contributed by atoms with Crippen LogP contribution in [0.3, 0.4) is 0 Å². The Bertz CT molecular complexity index is 1840. The van der Waals surface area contributed by atoms with Gasteiger partial charge in [-0.15, -0.1) is 6.42 Å². The van der Waals surface area contributed by atoms with Gasteiger partial charge in [-0.25, -0.2) is 13.2 Å². The quantitative estimate of drug-likeness (QED) is 0.317. The fourth-order valence-corrected chi connectivity index (χ4v) is 7.70. The first-order valence-electron chi connectivity index (χ1n) is 14.7. The summed E-state index contributed by atoms with van der Waals surface area (Å²) in [4.78, 5) is 13.6. The van der Waals surface area contributed by atoms with E-state index in [1.807, 2.05) is 0 Å². The van der Waals surface area contributed by atoms with Gasteiger partial charge < -0.3 is 19.5 Å². The van der Waals surface area contributed by atoms with Crippen LogP contribution in [0.4, 0.5) is 19.0 Å². The molecule has 4 aliphatic heterocycles. The predicted molar refractivity (Wildman–Crippen MR) is 156 cm³/mol. The fourth-order valence-electron chi connectivity index (χ4n) is 7.70. The van der Waals surface area contributed by atoms with Crippen LogP contribution >= 0.6 is 0 Å². The van der Waals surface area contributed by atoms with Crippen molar-refractivity contribution in [2.45, 2.75) is 49.5 Å². The Labute approximate surface area is 246 Å². The molecule has 0 amide bonds. The van der Waals surface area contributed by atoms with E-state index < -0.39 is 23.3 Å². The normalized spacial score (nSPS) is 26.5. The number of terminal acetylenes is 1. The van der Waals surface area contributed by atoms with Gasteiger partial charge in [0.1, 0.15) is 35.7 Å². The molecular weight excluding hydrogens is 557 g/mol. The van der Waals surface area contributed by atoms with Crippen LogP contribution in [-0.4, -0.2) is 76.7 Å². The Morgan fingerprint density at radius 1 is 1.14 bits per heavy atom. The number of morpholine rings is 1. The zero-order valence-electron chi connectivity index (χ0n) is 23.3. The molecule has 5 heterocycles. The van der Waals surface area contributed by atoms with E-state index >= 15 is 4.39 Å². The van der Waals surface area contributed by atoms with Gasteiger partial charge in [-0.1, -0.05) is 18.1 Å². The molecule has 4 fully saturated rings. The fraction of sp³-hybridized carbons (Fsp3) is 0.394. The van der Waals surface area contributed by atoms with Crippen molar-refractivity contribution in [1.82, 2.24) is 14.9 Å². The second kappa shape index (κ2) is 9.73. The summed E-state index contributed by atoms with van der Waals surface area (Å²) < 4.78 is 57.9. The molecule has 4 unspecified atom stereocenters. The number of rotatable bonds is 5. The molecular formula is C33H29F3N4O3. The van der Waals surface area contributed by atoms with E-state index in [0.29, 0.717) is 48.1 Å². The van der Waals surface area contributed by atoms with Crippen molar-refractivity contribution < 1.29 is 27.8 Å². The predicted octanol–water partition coefficient (Wildman–Crippen LogP) is 5.35. The molecule has 0 saturated carbocycles. The molecule has 7 nitrogen and oxygen atoms in total. The maximum atomic E-state index is 16.7. The van der Waals surface area contributed by atoms with Gasteiger partial charge in [0.2, 0.25) is 0 Å². The molecule has 3 aromatic carbocycles. The monoisotopic (exact) mass is 586 g/mol. The van der Waals surface area contributed by atoms with Crippen molar-refractivity contribution in [2.24, 2.45) is 0 Å². The summed E-state index contributed by atoms with van der Waals surface area (Å²) in [5.41, 5.74) is -0.0512. The number of aromatic nitrogens is 2. The summed E-state index contributed by atoms with van der Waals surface area (Å²) in [7, 11) is 0. The number of hydrogen-bond acceptors (Lipinski definition) is 7. The Hall–Kier alpha value is -4.07. The van der Waals surface area contributed by atoms with Gasteiger partial charge in [-0.05, 0) is 61.0 Å². The van der Waals surface area contributed by atoms with Crippen molar-refractivity contribution in [2.75, 3.05) is 37.7 Å². The van der Waals surface area contributed by atoms with Gasteiger partial charge in [0.05, 0.1) is 29.9 Å². The van der Waals surface area contributed by atoms with Crippen LogP contribution in [0.25, 0.3) is 32.8 Å². The number of aromatic hydroxyl groups is 1. The van der Waals surface area contributed by atoms with Crippen LogP contribution in [0.5, 0.6) is 11.8 Å². The van der Waals surface area contributed by atoms with Crippen molar-refractivity contribution in [3.05, 3.63) is 53.6 Å². The van der Waals surface area contributed by atoms with Crippen LogP contribution in [0.15, 0.2) is 36.4 Å². The van der Waals surface area contributed by atoms with Crippen molar-refractivity contribution >= 4 is 27.5 Å². The highest BCUT2D eigenvalue weighted by atomic mass is 19.1. The summed E-state index contributed by atoms with van der Waals surface area (Å²) in [6, 6.07) is 9.02. The number of halogens is 3. The summed E-state index contributed by atoms with van der Waals surface area (Å²) in [5, 5.41) is 11.8. The van der Waals surface area contributed by atoms with E-state index in [1.165, 1.54) is 24.3 Å². The number of benzene rings is 3. The lowest BCUT2D eigenvalue weighted by Crippen LogP contribution is -2.43. The topological polar surface area (TPSA) is 71.0 Å². The Morgan fingerprint density at radius 2 is 2.02 bits per heavy atom. The van der Waals surface area contributed by atoms with E-state index in [-0.39, 0.29) is 52.7 Å². The number of phenols is 1. The number of alkyl halides is 1. The van der Waals surface area contributed by atoms with Gasteiger partial charge >= 0.3 is 6.01 Å². The smallest absolute Gasteiger partial charge is 0.319 e. The Kier molecular flexibility index (Phi) is 6.01. The molecule has 2 bridgehead atoms. The van der Waals surface area contributed by atoms with E-state index in [2.05, 4.69) is 20.7 Å². The number of anilines is 1. The second-order valence-electron chi connectivity index (χ2n) is 12.2. The average Bonchev–Trinajstić information content (AvgIpc) is 3.77. The third-order valence-electron chi connectivity index (χ3n) is 9.66. The van der Waals surface area contributed by atoms with Crippen LogP contribution in [0.2, 0.25) is 0 Å². The maximum absolute atomic E-state index is 16.7. The molecule has 4 atom stereocenters. The van der Waals surface area contributed by atoms with E-state index in [4.69, 9.17) is 20.9 Å². The van der Waals surface area contributed by atoms with Crippen LogP contribution in [-0.2, 0) is 4.74 Å². The van der Waals surface area contributed by atoms with Crippen LogP contribution in [0.1, 0.15) is 31.2 Å². The molecule has 0 radical (unpaired) electrons. The van der Waals surface area contributed by atoms with E-state index in [0.717, 1.165) is 25.8 Å². The maximum Gasteiger partial charge on any atom is 0.319 e. The first kappa shape index (κ1) is 26.5. The lowest BCUT2D eigenvalue weighted by Gasteiger charge is -2.31. The highest BCUT2D eigenvalue weighted by molar-refractivity contribution is 6.04. The molecule has 220 valence electrons. The average molecular weight is 587 g/mol. The van der Waals surface area contributed by atoms with Gasteiger partial charge in [-0.2, -0.15) is 9.97 Å². The van der Waals surface area contributed by atoms with E-state index in [1.54, 1.807) is 12.1 Å². The molecule has 8 rings (SSSR count). The number of fused-ring (bicyclic) bond motifs is 5. The Morgan fingerprint density at radius 3 is 2.81 bits per heavy atom. The molecule has 0 aliphatic carbocycles. The molecule has 4 saturated heterocycles. The summed E-state index contributed by atoms with van der Waals surface area (Å²) in [6.45, 7) is 2.58. The van der Waals surface area contributed by atoms with Gasteiger partial charge in [0.25, 0.3) is 0 Å². The standard InChI is InChI=1S/C33H29F3N4O3/c1-2-23-27(35)7-4-18-10-21(41)12-26(28(18)23)24-5-6-25-30(29(24)36)37-32(38-31(25)40-15-22-11-20(40)16-42-22)43-17-33-8-3-9-39(33)14-19(34)13-33/h1,4-7,10,12,19-20,22,41H,3,8-9,11,13-17H2. The minimum absolute atomic E-state index is 0.0156. The van der Waals surface area contributed by atoms with E-state index in [9.17, 15) is 13.9 Å². The van der Waals surface area contributed by atoms with Gasteiger partial charge in [-0.3, -0.25) is 4.90 Å². The molecule has 4 aromatic rings. The minimum atomic E-state index is -0.910. The minimum Gasteiger partial charge on any atom is -0.508 e. The summed E-state index contributed by atoms with van der Waals surface area (Å²) in [6.07, 6.45) is 7.86. The lowest BCUT2D eigenvalue weighted by atomic mass is 9.93. The van der Waals surface area contributed by atoms with Crippen LogP contribution in [0, 0.1) is 24.0 Å². The zero-order chi connectivity index (χ0) is 29.5. The second-order valence-corrected chi connectivity index (χ2v) is 12.2. The molecule has 10 heteroatoms. The Balaban J connectivity index is 1.28. The molecule has 0 spiro atoms. The summed E-state index contributed by atoms with van der Waals surface area (Å²) >= 11 is 0. The number of phenolic OH excluding ortho intramolecular Hbond substituents is 1. The SMILES string of the molecule is C#Cc1c(F)ccc2cc(O)cc(-c3ccc4c(N5CC6CC5CO6)nc(OCC56CCCN5CC(F)C6)nc4c3F)c12. The first-order valence-corrected chi connectivity index (χ1v) is 14.7. The zero-order valence-corrected chi connectivity index (χ0v) is 23.3. The number of hydrogen-bond donors (Lipinski definition) is 1. The highest BCUT2D eigenvalue weighted by Crippen LogP contribution is 2.43. The van der Waals surface area contributed by atoms with Crippen molar-refractivity contribution in [1.29, 1.82) is 0 Å². The third-order valence-corrected chi connectivity index (χ3v) is 9.66. The third kappa shape index (κ3) is 4.13.